The zero-order valence-corrected chi connectivity index (χ0v) is 11.2. The lowest BCUT2D eigenvalue weighted by atomic mass is 10.2. The van der Waals surface area contributed by atoms with E-state index in [1.807, 2.05) is 0 Å². The molecule has 1 aromatic carbocycles. The molecule has 1 aromatic rings. The molecule has 4 nitrogen and oxygen atoms in total. The summed E-state index contributed by atoms with van der Waals surface area (Å²) in [5, 5.41) is -0.0687. The molecule has 0 radical (unpaired) electrons. The molecule has 0 aliphatic carbocycles. The first-order chi connectivity index (χ1) is 8.38. The third kappa shape index (κ3) is 3.00. The van der Waals surface area contributed by atoms with Crippen LogP contribution in [-0.2, 0) is 15.8 Å². The zero-order valence-electron chi connectivity index (χ0n) is 9.64. The predicted octanol–water partition coefficient (Wildman–Crippen LogP) is 1.34. The summed E-state index contributed by atoms with van der Waals surface area (Å²) in [6, 6.07) is 3.83. The highest BCUT2D eigenvalue weighted by Gasteiger charge is 2.29. The second-order valence-electron chi connectivity index (χ2n) is 4.41. The molecule has 1 aliphatic heterocycles. The maximum Gasteiger partial charge on any atom is 0.218 e. The van der Waals surface area contributed by atoms with Crippen molar-refractivity contribution in [1.29, 1.82) is 0 Å². The van der Waals surface area contributed by atoms with Gasteiger partial charge in [-0.05, 0) is 24.1 Å². The van der Waals surface area contributed by atoms with E-state index in [9.17, 15) is 12.8 Å². The Bertz CT molecular complexity index is 550. The highest BCUT2D eigenvalue weighted by atomic mass is 35.5. The van der Waals surface area contributed by atoms with Crippen molar-refractivity contribution in [3.05, 3.63) is 34.6 Å². The van der Waals surface area contributed by atoms with Crippen molar-refractivity contribution in [2.45, 2.75) is 18.2 Å². The molecule has 2 rings (SSSR count). The molecule has 1 atom stereocenters. The van der Waals surface area contributed by atoms with Crippen molar-refractivity contribution in [2.75, 3.05) is 13.1 Å². The topological polar surface area (TPSA) is 63.4 Å². The average molecular weight is 293 g/mol. The van der Waals surface area contributed by atoms with Crippen molar-refractivity contribution >= 4 is 21.6 Å². The number of nitrogens with two attached hydrogens (primary N) is 1. The smallest absolute Gasteiger partial charge is 0.218 e. The Balaban J connectivity index is 2.15. The maximum absolute atomic E-state index is 13.0. The molecule has 1 aliphatic rings. The van der Waals surface area contributed by atoms with Crippen molar-refractivity contribution in [3.63, 3.8) is 0 Å². The summed E-state index contributed by atoms with van der Waals surface area (Å²) in [7, 11) is -3.40. The normalized spacial score (nSPS) is 21.4. The summed E-state index contributed by atoms with van der Waals surface area (Å²) in [4.78, 5) is 0. The Hall–Kier alpha value is -0.690. The van der Waals surface area contributed by atoms with Gasteiger partial charge in [0.05, 0.1) is 10.8 Å². The lowest BCUT2D eigenvalue weighted by Crippen LogP contribution is -2.32. The van der Waals surface area contributed by atoms with Gasteiger partial charge in [-0.2, -0.15) is 0 Å². The first kappa shape index (κ1) is 13.7. The molecule has 1 fully saturated rings. The highest BCUT2D eigenvalue weighted by molar-refractivity contribution is 7.88. The summed E-state index contributed by atoms with van der Waals surface area (Å²) >= 11 is 5.62. The van der Waals surface area contributed by atoms with E-state index in [-0.39, 0.29) is 16.8 Å². The van der Waals surface area contributed by atoms with E-state index < -0.39 is 15.8 Å². The van der Waals surface area contributed by atoms with Gasteiger partial charge in [0.15, 0.2) is 0 Å². The van der Waals surface area contributed by atoms with Crippen LogP contribution in [0.15, 0.2) is 18.2 Å². The quantitative estimate of drug-likeness (QED) is 0.914. The van der Waals surface area contributed by atoms with Crippen LogP contribution < -0.4 is 5.73 Å². The number of nitrogens with zero attached hydrogens (tertiary/aromatic N) is 1. The monoisotopic (exact) mass is 292 g/mol. The van der Waals surface area contributed by atoms with E-state index in [1.54, 1.807) is 0 Å². The van der Waals surface area contributed by atoms with E-state index in [4.69, 9.17) is 17.3 Å². The predicted molar refractivity (Wildman–Crippen MR) is 68.2 cm³/mol. The first-order valence-corrected chi connectivity index (χ1v) is 7.54. The number of rotatable bonds is 3. The average Bonchev–Trinajstić information content (AvgIpc) is 2.71. The molecule has 7 heteroatoms. The van der Waals surface area contributed by atoms with Crippen LogP contribution in [0.1, 0.15) is 12.0 Å². The van der Waals surface area contributed by atoms with E-state index in [1.165, 1.54) is 22.5 Å². The molecule has 0 amide bonds. The second kappa shape index (κ2) is 5.13. The van der Waals surface area contributed by atoms with Gasteiger partial charge in [0, 0.05) is 19.1 Å². The minimum Gasteiger partial charge on any atom is -0.326 e. The molecule has 100 valence electrons. The Labute approximate surface area is 111 Å². The Kier molecular flexibility index (Phi) is 3.91. The fourth-order valence-corrected chi connectivity index (χ4v) is 3.73. The Morgan fingerprint density at radius 1 is 1.50 bits per heavy atom. The standard InChI is InChI=1S/C11H14ClFN2O2S/c12-10-5-8(1-2-11(10)13)7-18(16,17)15-4-3-9(14)6-15/h1-2,5,9H,3-4,6-7,14H2/t9-/m1/s1. The van der Waals surface area contributed by atoms with Gasteiger partial charge in [-0.25, -0.2) is 17.1 Å². The lowest BCUT2D eigenvalue weighted by molar-refractivity contribution is 0.471. The third-order valence-corrected chi connectivity index (χ3v) is 5.02. The minimum absolute atomic E-state index is 0.0687. The van der Waals surface area contributed by atoms with E-state index in [0.717, 1.165) is 0 Å². The summed E-state index contributed by atoms with van der Waals surface area (Å²) < 4.78 is 38.5. The molecule has 0 saturated carbocycles. The van der Waals surface area contributed by atoms with Crippen LogP contribution in [-0.4, -0.2) is 31.9 Å². The van der Waals surface area contributed by atoms with Crippen molar-refractivity contribution in [3.8, 4) is 0 Å². The van der Waals surface area contributed by atoms with Crippen LogP contribution in [0.3, 0.4) is 0 Å². The van der Waals surface area contributed by atoms with Crippen LogP contribution in [0.5, 0.6) is 0 Å². The van der Waals surface area contributed by atoms with Gasteiger partial charge >= 0.3 is 0 Å². The van der Waals surface area contributed by atoms with Crippen LogP contribution in [0.25, 0.3) is 0 Å². The van der Waals surface area contributed by atoms with Gasteiger partial charge in [-0.1, -0.05) is 17.7 Å². The molecule has 0 aromatic heterocycles. The van der Waals surface area contributed by atoms with Crippen molar-refractivity contribution < 1.29 is 12.8 Å². The summed E-state index contributed by atoms with van der Waals surface area (Å²) in [5.41, 5.74) is 6.16. The van der Waals surface area contributed by atoms with Crippen LogP contribution >= 0.6 is 11.6 Å². The number of hydrogen-bond donors (Lipinski definition) is 1. The molecule has 1 saturated heterocycles. The maximum atomic E-state index is 13.0. The second-order valence-corrected chi connectivity index (χ2v) is 6.79. The van der Waals surface area contributed by atoms with Crippen molar-refractivity contribution in [2.24, 2.45) is 5.73 Å². The lowest BCUT2D eigenvalue weighted by Gasteiger charge is -2.16. The number of hydrogen-bond acceptors (Lipinski definition) is 3. The molecule has 1 heterocycles. The molecule has 0 unspecified atom stereocenters. The third-order valence-electron chi connectivity index (χ3n) is 2.91. The van der Waals surface area contributed by atoms with Crippen molar-refractivity contribution in [1.82, 2.24) is 4.31 Å². The molecule has 0 spiro atoms. The molecule has 0 bridgehead atoms. The first-order valence-electron chi connectivity index (χ1n) is 5.56. The van der Waals surface area contributed by atoms with Gasteiger partial charge in [-0.15, -0.1) is 0 Å². The van der Waals surface area contributed by atoms with Gasteiger partial charge in [0.2, 0.25) is 10.0 Å². The Morgan fingerprint density at radius 3 is 2.78 bits per heavy atom. The van der Waals surface area contributed by atoms with E-state index >= 15 is 0 Å². The summed E-state index contributed by atoms with van der Waals surface area (Å²) in [5.74, 6) is -0.735. The van der Waals surface area contributed by atoms with E-state index in [2.05, 4.69) is 0 Å². The fraction of sp³-hybridized carbons (Fsp3) is 0.455. The number of sulfonamides is 1. The number of benzene rings is 1. The van der Waals surface area contributed by atoms with E-state index in [0.29, 0.717) is 25.1 Å². The number of halogens is 2. The van der Waals surface area contributed by atoms with Gasteiger partial charge in [0.25, 0.3) is 0 Å². The van der Waals surface area contributed by atoms with Crippen LogP contribution in [0.2, 0.25) is 5.02 Å². The molecule has 18 heavy (non-hydrogen) atoms. The van der Waals surface area contributed by atoms with Gasteiger partial charge in [0.1, 0.15) is 5.82 Å². The van der Waals surface area contributed by atoms with Gasteiger partial charge < -0.3 is 5.73 Å². The molecular formula is C11H14ClFN2O2S. The van der Waals surface area contributed by atoms with Crippen LogP contribution in [0.4, 0.5) is 4.39 Å². The summed E-state index contributed by atoms with van der Waals surface area (Å²) in [6.07, 6.45) is 0.670. The fourth-order valence-electron chi connectivity index (χ4n) is 1.94. The molecular weight excluding hydrogens is 279 g/mol. The minimum atomic E-state index is -3.40. The Morgan fingerprint density at radius 2 is 2.22 bits per heavy atom. The largest absolute Gasteiger partial charge is 0.326 e. The highest BCUT2D eigenvalue weighted by Crippen LogP contribution is 2.20. The summed E-state index contributed by atoms with van der Waals surface area (Å²) in [6.45, 7) is 0.787. The molecule has 2 N–H and O–H groups in total. The van der Waals surface area contributed by atoms with Crippen LogP contribution in [0, 0.1) is 5.82 Å². The SMILES string of the molecule is N[C@@H]1CCN(S(=O)(=O)Cc2ccc(F)c(Cl)c2)C1. The zero-order chi connectivity index (χ0) is 13.3. The van der Waals surface area contributed by atoms with Gasteiger partial charge in [-0.3, -0.25) is 0 Å².